The Morgan fingerprint density at radius 3 is 2.69 bits per heavy atom. The highest BCUT2D eigenvalue weighted by Gasteiger charge is 2.30. The maximum absolute atomic E-state index is 12.6. The third kappa shape index (κ3) is 3.70. The molecule has 0 saturated carbocycles. The predicted molar refractivity (Wildman–Crippen MR) is 101 cm³/mol. The van der Waals surface area contributed by atoms with Crippen LogP contribution >= 0.6 is 0 Å². The molecule has 0 radical (unpaired) electrons. The van der Waals surface area contributed by atoms with Gasteiger partial charge in [0, 0.05) is 63.4 Å². The number of rotatable bonds is 3. The van der Waals surface area contributed by atoms with E-state index in [0.717, 1.165) is 45.7 Å². The normalized spacial score (nSPS) is 21.6. The molecule has 2 saturated heterocycles. The molecule has 2 aromatic rings. The monoisotopic (exact) mass is 351 g/mol. The van der Waals surface area contributed by atoms with Gasteiger partial charge < -0.3 is 9.80 Å². The molecule has 0 aliphatic carbocycles. The van der Waals surface area contributed by atoms with Crippen molar-refractivity contribution in [1.82, 2.24) is 19.8 Å². The second-order valence-corrected chi connectivity index (χ2v) is 7.00. The van der Waals surface area contributed by atoms with Crippen molar-refractivity contribution in [1.29, 1.82) is 0 Å². The van der Waals surface area contributed by atoms with Crippen LogP contribution in [0.4, 0.5) is 5.69 Å². The quantitative estimate of drug-likeness (QED) is 0.845. The molecule has 26 heavy (non-hydrogen) atoms. The van der Waals surface area contributed by atoms with E-state index in [1.54, 1.807) is 18.6 Å². The highest BCUT2D eigenvalue weighted by Crippen LogP contribution is 2.23. The van der Waals surface area contributed by atoms with Crippen LogP contribution in [0, 0.1) is 0 Å². The van der Waals surface area contributed by atoms with Gasteiger partial charge in [-0.25, -0.2) is 4.98 Å². The first-order chi connectivity index (χ1) is 12.8. The van der Waals surface area contributed by atoms with Gasteiger partial charge in [0.05, 0.1) is 6.20 Å². The highest BCUT2D eigenvalue weighted by molar-refractivity contribution is 5.91. The van der Waals surface area contributed by atoms with Crippen LogP contribution in [-0.4, -0.2) is 71.0 Å². The minimum absolute atomic E-state index is 0.00251. The molecule has 2 aliphatic heterocycles. The van der Waals surface area contributed by atoms with Gasteiger partial charge in [-0.2, -0.15) is 0 Å². The van der Waals surface area contributed by atoms with Gasteiger partial charge in [-0.1, -0.05) is 18.2 Å². The number of amides is 1. The first-order valence-corrected chi connectivity index (χ1v) is 9.40. The fourth-order valence-electron chi connectivity index (χ4n) is 3.99. The summed E-state index contributed by atoms with van der Waals surface area (Å²) in [6.07, 6.45) is 6.92. The summed E-state index contributed by atoms with van der Waals surface area (Å²) in [5, 5.41) is 0. The first-order valence-electron chi connectivity index (χ1n) is 9.40. The van der Waals surface area contributed by atoms with Crippen molar-refractivity contribution in [2.75, 3.05) is 44.2 Å². The molecule has 1 unspecified atom stereocenters. The summed E-state index contributed by atoms with van der Waals surface area (Å²) in [6.45, 7) is 5.71. The van der Waals surface area contributed by atoms with Crippen molar-refractivity contribution in [3.05, 3.63) is 54.6 Å². The Labute approximate surface area is 154 Å². The average molecular weight is 351 g/mol. The minimum Gasteiger partial charge on any atom is -0.370 e. The lowest BCUT2D eigenvalue weighted by molar-refractivity contribution is 0.0752. The fraction of sp³-hybridized carbons (Fsp3) is 0.450. The molecule has 1 aromatic heterocycles. The number of hydrogen-bond donors (Lipinski definition) is 0. The van der Waals surface area contributed by atoms with Crippen LogP contribution in [-0.2, 0) is 0 Å². The summed E-state index contributed by atoms with van der Waals surface area (Å²) in [4.78, 5) is 27.7. The van der Waals surface area contributed by atoms with Crippen LogP contribution in [0.15, 0.2) is 48.9 Å². The number of para-hydroxylation sites is 1. The van der Waals surface area contributed by atoms with E-state index in [0.29, 0.717) is 11.7 Å². The molecule has 3 heterocycles. The molecule has 1 aromatic carbocycles. The van der Waals surface area contributed by atoms with Crippen molar-refractivity contribution >= 4 is 11.6 Å². The van der Waals surface area contributed by atoms with Gasteiger partial charge in [0.25, 0.3) is 5.91 Å². The van der Waals surface area contributed by atoms with E-state index in [2.05, 4.69) is 50.1 Å². The predicted octanol–water partition coefficient (Wildman–Crippen LogP) is 1.90. The van der Waals surface area contributed by atoms with E-state index < -0.39 is 0 Å². The number of carbonyl (C=O) groups is 1. The number of hydrogen-bond acceptors (Lipinski definition) is 5. The van der Waals surface area contributed by atoms with Crippen LogP contribution in [0.2, 0.25) is 0 Å². The first kappa shape index (κ1) is 17.0. The largest absolute Gasteiger partial charge is 0.370 e. The molecule has 2 fully saturated rings. The fourth-order valence-corrected chi connectivity index (χ4v) is 3.99. The van der Waals surface area contributed by atoms with E-state index >= 15 is 0 Å². The van der Waals surface area contributed by atoms with Crippen molar-refractivity contribution in [3.8, 4) is 0 Å². The molecular weight excluding hydrogens is 326 g/mol. The molecule has 136 valence electrons. The van der Waals surface area contributed by atoms with E-state index in [1.807, 2.05) is 4.90 Å². The van der Waals surface area contributed by atoms with Crippen molar-refractivity contribution < 1.29 is 4.79 Å². The summed E-state index contributed by atoms with van der Waals surface area (Å²) in [6, 6.07) is 11.2. The third-order valence-corrected chi connectivity index (χ3v) is 5.40. The van der Waals surface area contributed by atoms with Crippen molar-refractivity contribution in [3.63, 3.8) is 0 Å². The van der Waals surface area contributed by atoms with Gasteiger partial charge in [-0.05, 0) is 25.0 Å². The minimum atomic E-state index is -0.00251. The van der Waals surface area contributed by atoms with E-state index in [4.69, 9.17) is 0 Å². The molecule has 1 atom stereocenters. The second-order valence-electron chi connectivity index (χ2n) is 7.00. The summed E-state index contributed by atoms with van der Waals surface area (Å²) < 4.78 is 0. The number of carbonyl (C=O) groups excluding carboxylic acids is 1. The van der Waals surface area contributed by atoms with Crippen LogP contribution < -0.4 is 4.90 Å². The molecule has 4 rings (SSSR count). The Hall–Kier alpha value is -2.47. The lowest BCUT2D eigenvalue weighted by Crippen LogP contribution is -2.41. The molecule has 0 N–H and O–H groups in total. The summed E-state index contributed by atoms with van der Waals surface area (Å²) >= 11 is 0. The molecule has 0 bridgehead atoms. The van der Waals surface area contributed by atoms with Crippen molar-refractivity contribution in [2.24, 2.45) is 0 Å². The van der Waals surface area contributed by atoms with Crippen LogP contribution in [0.25, 0.3) is 0 Å². The Morgan fingerprint density at radius 2 is 1.88 bits per heavy atom. The molecule has 6 heteroatoms. The molecule has 0 spiro atoms. The van der Waals surface area contributed by atoms with E-state index in [9.17, 15) is 4.79 Å². The Bertz CT molecular complexity index is 723. The number of anilines is 1. The lowest BCUT2D eigenvalue weighted by Gasteiger charge is -2.28. The molecular formula is C20H25N5O. The van der Waals surface area contributed by atoms with Crippen molar-refractivity contribution in [2.45, 2.75) is 18.9 Å². The smallest absolute Gasteiger partial charge is 0.274 e. The molecule has 2 aliphatic rings. The van der Waals surface area contributed by atoms with Gasteiger partial charge in [0.2, 0.25) is 0 Å². The van der Waals surface area contributed by atoms with Gasteiger partial charge in [0.15, 0.2) is 0 Å². The van der Waals surface area contributed by atoms with Gasteiger partial charge in [-0.15, -0.1) is 0 Å². The third-order valence-electron chi connectivity index (χ3n) is 5.40. The summed E-state index contributed by atoms with van der Waals surface area (Å²) in [7, 11) is 0. The zero-order chi connectivity index (χ0) is 17.8. The highest BCUT2D eigenvalue weighted by atomic mass is 16.2. The van der Waals surface area contributed by atoms with Crippen LogP contribution in [0.5, 0.6) is 0 Å². The number of aromatic nitrogens is 2. The zero-order valence-electron chi connectivity index (χ0n) is 15.0. The summed E-state index contributed by atoms with van der Waals surface area (Å²) in [5.74, 6) is -0.00251. The average Bonchev–Trinajstić information content (AvgIpc) is 3.07. The standard InChI is InChI=1S/C20H25N5O/c26-20(19-15-21-8-9-22-19)24-11-4-10-23(13-14-24)18-7-12-25(16-18)17-5-2-1-3-6-17/h1-3,5-6,8-9,15,18H,4,7,10-14,16H2. The van der Waals surface area contributed by atoms with Gasteiger partial charge >= 0.3 is 0 Å². The van der Waals surface area contributed by atoms with Crippen LogP contribution in [0.1, 0.15) is 23.3 Å². The maximum atomic E-state index is 12.6. The van der Waals surface area contributed by atoms with Gasteiger partial charge in [-0.3, -0.25) is 14.7 Å². The van der Waals surface area contributed by atoms with Gasteiger partial charge in [0.1, 0.15) is 5.69 Å². The Morgan fingerprint density at radius 1 is 1.00 bits per heavy atom. The molecule has 1 amide bonds. The lowest BCUT2D eigenvalue weighted by atomic mass is 10.2. The zero-order valence-corrected chi connectivity index (χ0v) is 15.0. The van der Waals surface area contributed by atoms with E-state index in [-0.39, 0.29) is 5.91 Å². The Balaban J connectivity index is 1.35. The molecule has 6 nitrogen and oxygen atoms in total. The maximum Gasteiger partial charge on any atom is 0.274 e. The second kappa shape index (κ2) is 7.83. The SMILES string of the molecule is O=C(c1cnccn1)N1CCCN(C2CCN(c3ccccc3)C2)CC1. The number of benzene rings is 1. The summed E-state index contributed by atoms with van der Waals surface area (Å²) in [5.41, 5.74) is 1.75. The Kier molecular flexibility index (Phi) is 5.11. The number of nitrogens with zero attached hydrogens (tertiary/aromatic N) is 5. The topological polar surface area (TPSA) is 52.6 Å². The van der Waals surface area contributed by atoms with E-state index in [1.165, 1.54) is 12.1 Å². The van der Waals surface area contributed by atoms with Crippen LogP contribution in [0.3, 0.4) is 0 Å².